The van der Waals surface area contributed by atoms with E-state index in [0.717, 1.165) is 0 Å². The van der Waals surface area contributed by atoms with E-state index in [2.05, 4.69) is 5.32 Å². The Balaban J connectivity index is 3.75. The lowest BCUT2D eigenvalue weighted by Gasteiger charge is -2.08. The molecule has 0 saturated carbocycles. The summed E-state index contributed by atoms with van der Waals surface area (Å²) in [6, 6.07) is -0.602. The molecular weight excluding hydrogens is 160 g/mol. The molecule has 0 heterocycles. The predicted molar refractivity (Wildman–Crippen MR) is 42.1 cm³/mol. The molecule has 0 radical (unpaired) electrons. The maximum Gasteiger partial charge on any atom is 0.217 e. The van der Waals surface area contributed by atoms with Crippen LogP contribution in [0.3, 0.4) is 0 Å². The first-order valence-corrected chi connectivity index (χ1v) is 3.57. The molecular formula is C7H12N2O3. The summed E-state index contributed by atoms with van der Waals surface area (Å²) in [5, 5.41) is 2.37. The Kier molecular flexibility index (Phi) is 4.67. The maximum absolute atomic E-state index is 10.5. The fourth-order valence-corrected chi connectivity index (χ4v) is 0.733. The summed E-state index contributed by atoms with van der Waals surface area (Å²) >= 11 is 0. The van der Waals surface area contributed by atoms with Crippen molar-refractivity contribution in [2.24, 2.45) is 5.73 Å². The molecule has 0 unspecified atom stereocenters. The summed E-state index contributed by atoms with van der Waals surface area (Å²) in [5.74, 6) is -0.774. The summed E-state index contributed by atoms with van der Waals surface area (Å²) in [6.07, 6.45) is 0.951. The molecule has 68 valence electrons. The van der Waals surface area contributed by atoms with Crippen LogP contribution in [0.4, 0.5) is 0 Å². The Morgan fingerprint density at radius 3 is 2.50 bits per heavy atom. The van der Waals surface area contributed by atoms with Gasteiger partial charge in [-0.25, -0.2) is 0 Å². The molecule has 0 fully saturated rings. The van der Waals surface area contributed by atoms with Crippen molar-refractivity contribution in [2.45, 2.75) is 25.8 Å². The Bertz CT molecular complexity index is 191. The van der Waals surface area contributed by atoms with Gasteiger partial charge in [-0.05, 0) is 6.42 Å². The van der Waals surface area contributed by atoms with Gasteiger partial charge in [0.2, 0.25) is 11.8 Å². The van der Waals surface area contributed by atoms with Crippen molar-refractivity contribution in [3.63, 3.8) is 0 Å². The molecule has 0 aromatic rings. The molecule has 5 nitrogen and oxygen atoms in total. The molecule has 0 aliphatic rings. The molecule has 0 aliphatic carbocycles. The molecule has 0 bridgehead atoms. The van der Waals surface area contributed by atoms with Crippen LogP contribution in [0.5, 0.6) is 0 Å². The Morgan fingerprint density at radius 2 is 2.17 bits per heavy atom. The van der Waals surface area contributed by atoms with Gasteiger partial charge in [-0.3, -0.25) is 9.59 Å². The first kappa shape index (κ1) is 10.6. The van der Waals surface area contributed by atoms with E-state index >= 15 is 0 Å². The number of nitrogens with two attached hydrogens (primary N) is 1. The average molecular weight is 172 g/mol. The van der Waals surface area contributed by atoms with Gasteiger partial charge in [0.15, 0.2) is 0 Å². The highest BCUT2D eigenvalue weighted by Crippen LogP contribution is 1.93. The van der Waals surface area contributed by atoms with Crippen LogP contribution in [0, 0.1) is 0 Å². The fraction of sp³-hybridized carbons (Fsp3) is 0.571. The SMILES string of the molecule is CC(=O)N[C@H](C=O)CCC(N)=O. The molecule has 0 aliphatic heterocycles. The Hall–Kier alpha value is -1.39. The lowest BCUT2D eigenvalue weighted by Crippen LogP contribution is -2.35. The zero-order valence-corrected chi connectivity index (χ0v) is 6.87. The van der Waals surface area contributed by atoms with Crippen LogP contribution >= 0.6 is 0 Å². The average Bonchev–Trinajstić information content (AvgIpc) is 1.97. The van der Waals surface area contributed by atoms with Crippen LogP contribution in [0.25, 0.3) is 0 Å². The van der Waals surface area contributed by atoms with Crippen molar-refractivity contribution in [3.8, 4) is 0 Å². The van der Waals surface area contributed by atoms with Crippen LogP contribution in [0.1, 0.15) is 19.8 Å². The third-order valence-corrected chi connectivity index (χ3v) is 1.25. The van der Waals surface area contributed by atoms with Crippen LogP contribution in [-0.4, -0.2) is 24.1 Å². The van der Waals surface area contributed by atoms with Gasteiger partial charge < -0.3 is 15.8 Å². The molecule has 12 heavy (non-hydrogen) atoms. The van der Waals surface area contributed by atoms with Crippen molar-refractivity contribution in [2.75, 3.05) is 0 Å². The molecule has 0 aromatic carbocycles. The second-order valence-corrected chi connectivity index (χ2v) is 2.45. The van der Waals surface area contributed by atoms with E-state index in [1.165, 1.54) is 6.92 Å². The first-order chi connectivity index (χ1) is 5.56. The van der Waals surface area contributed by atoms with Crippen molar-refractivity contribution in [1.82, 2.24) is 5.32 Å². The van der Waals surface area contributed by atoms with E-state index < -0.39 is 11.9 Å². The van der Waals surface area contributed by atoms with Gasteiger partial charge in [0.1, 0.15) is 6.29 Å². The summed E-state index contributed by atoms with van der Waals surface area (Å²) < 4.78 is 0. The van der Waals surface area contributed by atoms with E-state index in [4.69, 9.17) is 5.73 Å². The summed E-state index contributed by atoms with van der Waals surface area (Å²) in [7, 11) is 0. The molecule has 0 spiro atoms. The summed E-state index contributed by atoms with van der Waals surface area (Å²) in [4.78, 5) is 31.1. The van der Waals surface area contributed by atoms with Crippen LogP contribution < -0.4 is 11.1 Å². The number of carbonyl (C=O) groups is 3. The lowest BCUT2D eigenvalue weighted by atomic mass is 10.2. The van der Waals surface area contributed by atoms with Gasteiger partial charge in [-0.1, -0.05) is 0 Å². The normalized spacial score (nSPS) is 11.8. The third kappa shape index (κ3) is 5.40. The minimum absolute atomic E-state index is 0.101. The maximum atomic E-state index is 10.5. The highest BCUT2D eigenvalue weighted by atomic mass is 16.2. The minimum Gasteiger partial charge on any atom is -0.370 e. The van der Waals surface area contributed by atoms with Gasteiger partial charge in [0, 0.05) is 13.3 Å². The molecule has 0 aromatic heterocycles. The van der Waals surface area contributed by atoms with Crippen LogP contribution in [0.15, 0.2) is 0 Å². The second kappa shape index (κ2) is 5.29. The van der Waals surface area contributed by atoms with Crippen LogP contribution in [0.2, 0.25) is 0 Å². The largest absolute Gasteiger partial charge is 0.370 e. The van der Waals surface area contributed by atoms with Crippen molar-refractivity contribution in [3.05, 3.63) is 0 Å². The number of nitrogens with one attached hydrogen (secondary N) is 1. The quantitative estimate of drug-likeness (QED) is 0.519. The fourth-order valence-electron chi connectivity index (χ4n) is 0.733. The molecule has 5 heteroatoms. The topological polar surface area (TPSA) is 89.3 Å². The standard InChI is InChI=1S/C7H12N2O3/c1-5(11)9-6(4-10)2-3-7(8)12/h4,6H,2-3H2,1H3,(H2,8,12)(H,9,11)/t6-/m0/s1. The lowest BCUT2D eigenvalue weighted by molar-refractivity contribution is -0.123. The molecule has 3 N–H and O–H groups in total. The minimum atomic E-state index is -0.602. The number of carbonyl (C=O) groups excluding carboxylic acids is 3. The highest BCUT2D eigenvalue weighted by molar-refractivity contribution is 5.78. The van der Waals surface area contributed by atoms with Gasteiger partial charge in [0.05, 0.1) is 6.04 Å². The van der Waals surface area contributed by atoms with Gasteiger partial charge in [-0.2, -0.15) is 0 Å². The van der Waals surface area contributed by atoms with E-state index in [9.17, 15) is 14.4 Å². The Labute approximate surface area is 70.3 Å². The predicted octanol–water partition coefficient (Wildman–Crippen LogP) is -1.04. The van der Waals surface area contributed by atoms with E-state index in [0.29, 0.717) is 6.29 Å². The summed E-state index contributed by atoms with van der Waals surface area (Å²) in [5.41, 5.74) is 4.86. The number of hydrogen-bond acceptors (Lipinski definition) is 3. The number of amides is 2. The van der Waals surface area contributed by atoms with E-state index in [1.54, 1.807) is 0 Å². The second-order valence-electron chi connectivity index (χ2n) is 2.45. The van der Waals surface area contributed by atoms with E-state index in [-0.39, 0.29) is 18.7 Å². The zero-order valence-electron chi connectivity index (χ0n) is 6.87. The number of primary amides is 1. The molecule has 0 saturated heterocycles. The monoisotopic (exact) mass is 172 g/mol. The van der Waals surface area contributed by atoms with Gasteiger partial charge in [0.25, 0.3) is 0 Å². The smallest absolute Gasteiger partial charge is 0.217 e. The van der Waals surface area contributed by atoms with Crippen molar-refractivity contribution >= 4 is 18.1 Å². The number of rotatable bonds is 5. The highest BCUT2D eigenvalue weighted by Gasteiger charge is 2.08. The number of hydrogen-bond donors (Lipinski definition) is 2. The van der Waals surface area contributed by atoms with Crippen LogP contribution in [-0.2, 0) is 14.4 Å². The van der Waals surface area contributed by atoms with Crippen molar-refractivity contribution in [1.29, 1.82) is 0 Å². The van der Waals surface area contributed by atoms with Crippen molar-refractivity contribution < 1.29 is 14.4 Å². The van der Waals surface area contributed by atoms with Gasteiger partial charge >= 0.3 is 0 Å². The third-order valence-electron chi connectivity index (χ3n) is 1.25. The zero-order chi connectivity index (χ0) is 9.56. The molecule has 2 amide bonds. The Morgan fingerprint density at radius 1 is 1.58 bits per heavy atom. The molecule has 1 atom stereocenters. The first-order valence-electron chi connectivity index (χ1n) is 3.57. The summed E-state index contributed by atoms with van der Waals surface area (Å²) in [6.45, 7) is 1.31. The van der Waals surface area contributed by atoms with E-state index in [1.807, 2.05) is 0 Å². The van der Waals surface area contributed by atoms with Gasteiger partial charge in [-0.15, -0.1) is 0 Å². The number of aldehydes is 1. The molecule has 0 rings (SSSR count).